The van der Waals surface area contributed by atoms with Crippen LogP contribution < -0.4 is 9.47 Å². The lowest BCUT2D eigenvalue weighted by Gasteiger charge is -2.12. The average Bonchev–Trinajstić information content (AvgIpc) is 2.67. The van der Waals surface area contributed by atoms with Gasteiger partial charge in [-0.1, -0.05) is 18.7 Å². The Bertz CT molecular complexity index is 922. The average molecular weight is 333 g/mol. The minimum atomic E-state index is 0.494. The van der Waals surface area contributed by atoms with E-state index in [2.05, 4.69) is 28.1 Å². The highest BCUT2D eigenvalue weighted by atomic mass is 16.5. The molecule has 0 atom stereocenters. The van der Waals surface area contributed by atoms with Gasteiger partial charge in [-0.2, -0.15) is 0 Å². The fourth-order valence-corrected chi connectivity index (χ4v) is 2.47. The first kappa shape index (κ1) is 16.6. The van der Waals surface area contributed by atoms with Gasteiger partial charge in [0.1, 0.15) is 11.3 Å². The molecule has 126 valence electrons. The number of aromatic nitrogens is 3. The van der Waals surface area contributed by atoms with Gasteiger partial charge >= 0.3 is 0 Å². The summed E-state index contributed by atoms with van der Waals surface area (Å²) in [6.07, 6.45) is 7.63. The van der Waals surface area contributed by atoms with Crippen LogP contribution in [0.1, 0.15) is 12.1 Å². The zero-order valence-corrected chi connectivity index (χ0v) is 14.1. The standard InChI is InChI=1S/C20H19N3O2/c1-4-6-10-25-20-19-14(8-7-9-21-19)11-17(23-20)16-12-15(5-2)22-13-18(16)24-3/h4-5,7-9,11-13H,1-2,6,10H2,3H3. The number of pyridine rings is 3. The number of rotatable bonds is 7. The van der Waals surface area contributed by atoms with Gasteiger partial charge in [-0.25, -0.2) is 4.98 Å². The summed E-state index contributed by atoms with van der Waals surface area (Å²) in [6.45, 7) is 7.98. The molecular formula is C20H19N3O2. The van der Waals surface area contributed by atoms with Crippen molar-refractivity contribution in [2.24, 2.45) is 0 Å². The van der Waals surface area contributed by atoms with Crippen LogP contribution in [0.15, 0.2) is 55.9 Å². The zero-order chi connectivity index (χ0) is 17.6. The Labute approximate surface area is 146 Å². The molecule has 0 aliphatic rings. The van der Waals surface area contributed by atoms with E-state index in [4.69, 9.17) is 9.47 Å². The SMILES string of the molecule is C=CCCOc1nc(-c2cc(C=C)ncc2OC)cc2cccnc12. The number of methoxy groups -OCH3 is 1. The molecule has 25 heavy (non-hydrogen) atoms. The quantitative estimate of drug-likeness (QED) is 0.477. The second-order valence-electron chi connectivity index (χ2n) is 5.33. The predicted octanol–water partition coefficient (Wildman–Crippen LogP) is 4.30. The minimum absolute atomic E-state index is 0.494. The Kier molecular flexibility index (Phi) is 5.04. The van der Waals surface area contributed by atoms with Crippen molar-refractivity contribution in [3.63, 3.8) is 0 Å². The van der Waals surface area contributed by atoms with Gasteiger partial charge in [-0.05, 0) is 30.7 Å². The second-order valence-corrected chi connectivity index (χ2v) is 5.33. The van der Waals surface area contributed by atoms with Crippen molar-refractivity contribution in [1.82, 2.24) is 15.0 Å². The molecule has 0 fully saturated rings. The third kappa shape index (κ3) is 3.50. The first-order valence-electron chi connectivity index (χ1n) is 7.93. The van der Waals surface area contributed by atoms with Gasteiger partial charge in [0.05, 0.1) is 31.3 Å². The molecule has 3 aromatic rings. The van der Waals surface area contributed by atoms with Gasteiger partial charge in [0.25, 0.3) is 0 Å². The summed E-state index contributed by atoms with van der Waals surface area (Å²) in [5.41, 5.74) is 3.04. The summed E-state index contributed by atoms with van der Waals surface area (Å²) >= 11 is 0. The number of nitrogens with zero attached hydrogens (tertiary/aromatic N) is 3. The molecular weight excluding hydrogens is 314 g/mol. The third-order valence-electron chi connectivity index (χ3n) is 3.71. The second kappa shape index (κ2) is 7.57. The van der Waals surface area contributed by atoms with Crippen molar-refractivity contribution in [1.29, 1.82) is 0 Å². The van der Waals surface area contributed by atoms with Crippen LogP contribution in [0, 0.1) is 0 Å². The first-order valence-corrected chi connectivity index (χ1v) is 7.93. The largest absolute Gasteiger partial charge is 0.494 e. The minimum Gasteiger partial charge on any atom is -0.494 e. The summed E-state index contributed by atoms with van der Waals surface area (Å²) in [7, 11) is 1.61. The summed E-state index contributed by atoms with van der Waals surface area (Å²) in [5.74, 6) is 1.13. The lowest BCUT2D eigenvalue weighted by atomic mass is 10.1. The van der Waals surface area contributed by atoms with Crippen LogP contribution >= 0.6 is 0 Å². The Morgan fingerprint density at radius 3 is 2.84 bits per heavy atom. The van der Waals surface area contributed by atoms with E-state index >= 15 is 0 Å². The Hall–Kier alpha value is -3.21. The lowest BCUT2D eigenvalue weighted by Crippen LogP contribution is -2.01. The normalized spacial score (nSPS) is 10.4. The maximum Gasteiger partial charge on any atom is 0.241 e. The highest BCUT2D eigenvalue weighted by Gasteiger charge is 2.14. The molecule has 0 saturated heterocycles. The summed E-state index contributed by atoms with van der Waals surface area (Å²) < 4.78 is 11.3. The molecule has 0 bridgehead atoms. The van der Waals surface area contributed by atoms with Crippen LogP contribution in [0.4, 0.5) is 0 Å². The van der Waals surface area contributed by atoms with Crippen LogP contribution in [0.5, 0.6) is 11.6 Å². The van der Waals surface area contributed by atoms with Gasteiger partial charge in [0.15, 0.2) is 0 Å². The van der Waals surface area contributed by atoms with E-state index in [9.17, 15) is 0 Å². The molecule has 0 unspecified atom stereocenters. The predicted molar refractivity (Wildman–Crippen MR) is 99.7 cm³/mol. The van der Waals surface area contributed by atoms with Crippen LogP contribution in [-0.2, 0) is 0 Å². The molecule has 3 rings (SSSR count). The van der Waals surface area contributed by atoms with E-state index in [1.807, 2.05) is 30.3 Å². The molecule has 5 nitrogen and oxygen atoms in total. The van der Waals surface area contributed by atoms with E-state index in [1.165, 1.54) is 0 Å². The van der Waals surface area contributed by atoms with Crippen molar-refractivity contribution >= 4 is 17.0 Å². The third-order valence-corrected chi connectivity index (χ3v) is 3.71. The van der Waals surface area contributed by atoms with Gasteiger partial charge in [-0.15, -0.1) is 6.58 Å². The van der Waals surface area contributed by atoms with Gasteiger partial charge < -0.3 is 9.47 Å². The molecule has 0 radical (unpaired) electrons. The molecule has 0 aromatic carbocycles. The number of fused-ring (bicyclic) bond motifs is 1. The molecule has 3 heterocycles. The highest BCUT2D eigenvalue weighted by molar-refractivity contribution is 5.87. The highest BCUT2D eigenvalue weighted by Crippen LogP contribution is 2.33. The smallest absolute Gasteiger partial charge is 0.241 e. The lowest BCUT2D eigenvalue weighted by molar-refractivity contribution is 0.316. The van der Waals surface area contributed by atoms with Gasteiger partial charge in [0, 0.05) is 17.1 Å². The van der Waals surface area contributed by atoms with Crippen LogP contribution in [0.25, 0.3) is 28.2 Å². The van der Waals surface area contributed by atoms with Crippen molar-refractivity contribution in [3.05, 3.63) is 61.6 Å². The maximum absolute atomic E-state index is 5.83. The Morgan fingerprint density at radius 2 is 2.08 bits per heavy atom. The maximum atomic E-state index is 5.83. The van der Waals surface area contributed by atoms with Crippen LogP contribution in [0.3, 0.4) is 0 Å². The molecule has 0 N–H and O–H groups in total. The zero-order valence-electron chi connectivity index (χ0n) is 14.1. The summed E-state index contributed by atoms with van der Waals surface area (Å²) in [6, 6.07) is 7.73. The monoisotopic (exact) mass is 333 g/mol. The van der Waals surface area contributed by atoms with Crippen molar-refractivity contribution in [3.8, 4) is 22.9 Å². The molecule has 0 saturated carbocycles. The molecule has 5 heteroatoms. The molecule has 0 spiro atoms. The summed E-state index contributed by atoms with van der Waals surface area (Å²) in [5, 5.41) is 0.945. The fraction of sp³-hybridized carbons (Fsp3) is 0.150. The Morgan fingerprint density at radius 1 is 1.20 bits per heavy atom. The fourth-order valence-electron chi connectivity index (χ4n) is 2.47. The van der Waals surface area contributed by atoms with E-state index < -0.39 is 0 Å². The van der Waals surface area contributed by atoms with Crippen molar-refractivity contribution in [2.75, 3.05) is 13.7 Å². The number of hydrogen-bond acceptors (Lipinski definition) is 5. The molecule has 3 aromatic heterocycles. The summed E-state index contributed by atoms with van der Waals surface area (Å²) in [4.78, 5) is 13.3. The molecule has 0 amide bonds. The Balaban J connectivity index is 2.16. The van der Waals surface area contributed by atoms with Crippen molar-refractivity contribution in [2.45, 2.75) is 6.42 Å². The van der Waals surface area contributed by atoms with E-state index in [1.54, 1.807) is 25.6 Å². The van der Waals surface area contributed by atoms with E-state index in [-0.39, 0.29) is 0 Å². The number of ether oxygens (including phenoxy) is 2. The number of hydrogen-bond donors (Lipinski definition) is 0. The topological polar surface area (TPSA) is 57.1 Å². The van der Waals surface area contributed by atoms with Crippen LogP contribution in [-0.4, -0.2) is 28.7 Å². The molecule has 0 aliphatic heterocycles. The van der Waals surface area contributed by atoms with E-state index in [0.717, 1.165) is 34.3 Å². The van der Waals surface area contributed by atoms with Gasteiger partial charge in [-0.3, -0.25) is 9.97 Å². The first-order chi connectivity index (χ1) is 12.3. The van der Waals surface area contributed by atoms with Gasteiger partial charge in [0.2, 0.25) is 5.88 Å². The van der Waals surface area contributed by atoms with Crippen molar-refractivity contribution < 1.29 is 9.47 Å². The van der Waals surface area contributed by atoms with Crippen LogP contribution in [0.2, 0.25) is 0 Å². The van der Waals surface area contributed by atoms with E-state index in [0.29, 0.717) is 18.2 Å². The molecule has 0 aliphatic carbocycles.